The topological polar surface area (TPSA) is 9.23 Å². The summed E-state index contributed by atoms with van der Waals surface area (Å²) in [6, 6.07) is 18.0. The van der Waals surface area contributed by atoms with Gasteiger partial charge in [-0.25, -0.2) is 0 Å². The molecule has 0 saturated carbocycles. The summed E-state index contributed by atoms with van der Waals surface area (Å²) in [4.78, 5) is 0. The van der Waals surface area contributed by atoms with Crippen molar-refractivity contribution >= 4 is 11.6 Å². The highest BCUT2D eigenvalue weighted by Crippen LogP contribution is 2.15. The van der Waals surface area contributed by atoms with E-state index in [1.165, 1.54) is 5.56 Å². The van der Waals surface area contributed by atoms with Crippen LogP contribution >= 0.6 is 11.6 Å². The van der Waals surface area contributed by atoms with E-state index >= 15 is 0 Å². The van der Waals surface area contributed by atoms with Crippen LogP contribution in [-0.4, -0.2) is 31.7 Å². The first-order valence-electron chi connectivity index (χ1n) is 6.79. The van der Waals surface area contributed by atoms with Gasteiger partial charge in [0, 0.05) is 10.6 Å². The first kappa shape index (κ1) is 17.8. The lowest BCUT2D eigenvalue weighted by Gasteiger charge is -2.29. The highest BCUT2D eigenvalue weighted by molar-refractivity contribution is 6.30. The van der Waals surface area contributed by atoms with E-state index < -0.39 is 0 Å². The van der Waals surface area contributed by atoms with Gasteiger partial charge in [-0.15, -0.1) is 0 Å². The number of benzene rings is 2. The van der Waals surface area contributed by atoms with Crippen molar-refractivity contribution in [3.63, 3.8) is 0 Å². The van der Waals surface area contributed by atoms with Crippen molar-refractivity contribution in [1.29, 1.82) is 0 Å². The zero-order chi connectivity index (χ0) is 14.4. The number of rotatable bonds is 6. The highest BCUT2D eigenvalue weighted by Gasteiger charge is 2.16. The summed E-state index contributed by atoms with van der Waals surface area (Å²) in [7, 11) is 4.41. The van der Waals surface area contributed by atoms with Gasteiger partial charge >= 0.3 is 0 Å². The van der Waals surface area contributed by atoms with Gasteiger partial charge in [-0.3, -0.25) is 0 Å². The molecular weight excluding hydrogens is 305 g/mol. The lowest BCUT2D eigenvalue weighted by atomic mass is 10.2. The maximum atomic E-state index is 6.03. The summed E-state index contributed by atoms with van der Waals surface area (Å²) < 4.78 is 6.63. The normalized spacial score (nSPS) is 10.8. The SMILES string of the molecule is C[N+](C)(CCOc1ccccc1)Cc1cccc(Cl)c1.[Cl-]. The van der Waals surface area contributed by atoms with Gasteiger partial charge in [-0.2, -0.15) is 0 Å². The Morgan fingerprint density at radius 1 is 1.00 bits per heavy atom. The summed E-state index contributed by atoms with van der Waals surface area (Å²) in [6.07, 6.45) is 0. The summed E-state index contributed by atoms with van der Waals surface area (Å²) in [5, 5.41) is 0.794. The molecule has 0 aliphatic carbocycles. The number of halogens is 2. The Hall–Kier alpha value is -1.22. The molecule has 0 heterocycles. The minimum absolute atomic E-state index is 0. The first-order chi connectivity index (χ1) is 9.55. The molecule has 114 valence electrons. The molecule has 2 rings (SSSR count). The zero-order valence-electron chi connectivity index (χ0n) is 12.4. The minimum Gasteiger partial charge on any atom is -1.00 e. The van der Waals surface area contributed by atoms with Gasteiger partial charge in [0.15, 0.2) is 0 Å². The number of likely N-dealkylation sites (N-methyl/N-ethyl adjacent to an activating group) is 1. The van der Waals surface area contributed by atoms with Crippen molar-refractivity contribution in [1.82, 2.24) is 0 Å². The average molecular weight is 326 g/mol. The van der Waals surface area contributed by atoms with Crippen LogP contribution in [-0.2, 0) is 6.54 Å². The predicted octanol–water partition coefficient (Wildman–Crippen LogP) is 0.999. The second-order valence-electron chi connectivity index (χ2n) is 5.61. The van der Waals surface area contributed by atoms with Gasteiger partial charge in [0.05, 0.1) is 14.1 Å². The fourth-order valence-corrected chi connectivity index (χ4v) is 2.35. The predicted molar refractivity (Wildman–Crippen MR) is 84.1 cm³/mol. The lowest BCUT2D eigenvalue weighted by molar-refractivity contribution is -0.903. The van der Waals surface area contributed by atoms with Gasteiger partial charge < -0.3 is 21.6 Å². The maximum absolute atomic E-state index is 6.03. The van der Waals surface area contributed by atoms with Crippen LogP contribution in [0.15, 0.2) is 54.6 Å². The number of quaternary nitrogens is 1. The molecule has 0 bridgehead atoms. The van der Waals surface area contributed by atoms with E-state index in [0.29, 0.717) is 6.61 Å². The third-order valence-electron chi connectivity index (χ3n) is 3.21. The summed E-state index contributed by atoms with van der Waals surface area (Å²) in [5.74, 6) is 0.926. The molecule has 2 nitrogen and oxygen atoms in total. The van der Waals surface area contributed by atoms with Crippen molar-refractivity contribution in [2.24, 2.45) is 0 Å². The minimum atomic E-state index is 0. The molecule has 0 fully saturated rings. The van der Waals surface area contributed by atoms with Crippen molar-refractivity contribution < 1.29 is 21.6 Å². The summed E-state index contributed by atoms with van der Waals surface area (Å²) in [5.41, 5.74) is 1.25. The van der Waals surface area contributed by atoms with Crippen LogP contribution in [0.1, 0.15) is 5.56 Å². The van der Waals surface area contributed by atoms with E-state index in [1.807, 2.05) is 48.5 Å². The second kappa shape index (κ2) is 8.28. The molecule has 0 spiro atoms. The van der Waals surface area contributed by atoms with Crippen LogP contribution in [0.4, 0.5) is 0 Å². The van der Waals surface area contributed by atoms with Crippen LogP contribution in [0.25, 0.3) is 0 Å². The van der Waals surface area contributed by atoms with E-state index in [1.54, 1.807) is 0 Å². The van der Waals surface area contributed by atoms with Gasteiger partial charge in [0.25, 0.3) is 0 Å². The van der Waals surface area contributed by atoms with Gasteiger partial charge in [0.2, 0.25) is 0 Å². The molecule has 0 N–H and O–H groups in total. The van der Waals surface area contributed by atoms with Crippen LogP contribution < -0.4 is 17.1 Å². The van der Waals surface area contributed by atoms with Crippen LogP contribution in [0.5, 0.6) is 5.75 Å². The largest absolute Gasteiger partial charge is 1.00 e. The summed E-state index contributed by atoms with van der Waals surface area (Å²) >= 11 is 6.03. The maximum Gasteiger partial charge on any atom is 0.137 e. The van der Waals surface area contributed by atoms with Gasteiger partial charge in [-0.05, 0) is 24.3 Å². The van der Waals surface area contributed by atoms with Crippen molar-refractivity contribution in [2.75, 3.05) is 27.2 Å². The Balaban J connectivity index is 0.00000220. The van der Waals surface area contributed by atoms with E-state index in [2.05, 4.69) is 20.2 Å². The van der Waals surface area contributed by atoms with Gasteiger partial charge in [0.1, 0.15) is 25.4 Å². The van der Waals surface area contributed by atoms with E-state index in [0.717, 1.165) is 28.3 Å². The molecule has 0 unspecified atom stereocenters. The molecule has 0 radical (unpaired) electrons. The second-order valence-corrected chi connectivity index (χ2v) is 6.05. The molecule has 0 amide bonds. The summed E-state index contributed by atoms with van der Waals surface area (Å²) in [6.45, 7) is 2.59. The van der Waals surface area contributed by atoms with E-state index in [-0.39, 0.29) is 12.4 Å². The molecule has 2 aromatic rings. The number of para-hydroxylation sites is 1. The third-order valence-corrected chi connectivity index (χ3v) is 3.44. The number of hydrogen-bond acceptors (Lipinski definition) is 1. The molecule has 21 heavy (non-hydrogen) atoms. The Labute approximate surface area is 138 Å². The Morgan fingerprint density at radius 2 is 1.71 bits per heavy atom. The van der Waals surface area contributed by atoms with Crippen LogP contribution in [0.3, 0.4) is 0 Å². The van der Waals surface area contributed by atoms with E-state index in [4.69, 9.17) is 16.3 Å². The van der Waals surface area contributed by atoms with Crippen molar-refractivity contribution in [2.45, 2.75) is 6.54 Å². The smallest absolute Gasteiger partial charge is 0.137 e. The average Bonchev–Trinajstić information content (AvgIpc) is 2.39. The molecule has 0 aliphatic rings. The number of hydrogen-bond donors (Lipinski definition) is 0. The highest BCUT2D eigenvalue weighted by atomic mass is 35.5. The monoisotopic (exact) mass is 325 g/mol. The number of nitrogens with zero attached hydrogens (tertiary/aromatic N) is 1. The van der Waals surface area contributed by atoms with Crippen molar-refractivity contribution in [3.8, 4) is 5.75 Å². The van der Waals surface area contributed by atoms with Crippen molar-refractivity contribution in [3.05, 3.63) is 65.2 Å². The molecule has 4 heteroatoms. The van der Waals surface area contributed by atoms with Gasteiger partial charge in [-0.1, -0.05) is 41.9 Å². The Kier molecular flexibility index (Phi) is 7.03. The quantitative estimate of drug-likeness (QED) is 0.720. The standard InChI is InChI=1S/C17H21ClNO.ClH/c1-19(2,14-15-7-6-8-16(18)13-15)11-12-20-17-9-4-3-5-10-17;/h3-10,13H,11-12,14H2,1-2H3;1H/q+1;/p-1. The Bertz CT molecular complexity index is 543. The fraction of sp³-hybridized carbons (Fsp3) is 0.294. The zero-order valence-corrected chi connectivity index (χ0v) is 13.9. The molecule has 0 saturated heterocycles. The molecule has 0 aromatic heterocycles. The fourth-order valence-electron chi connectivity index (χ4n) is 2.14. The third kappa shape index (κ3) is 6.38. The first-order valence-corrected chi connectivity index (χ1v) is 7.17. The molecule has 0 aliphatic heterocycles. The molecular formula is C17H21Cl2NO. The molecule has 0 atom stereocenters. The Morgan fingerprint density at radius 3 is 2.38 bits per heavy atom. The van der Waals surface area contributed by atoms with Crippen LogP contribution in [0, 0.1) is 0 Å². The number of ether oxygens (including phenoxy) is 1. The van der Waals surface area contributed by atoms with Crippen LogP contribution in [0.2, 0.25) is 5.02 Å². The van der Waals surface area contributed by atoms with E-state index in [9.17, 15) is 0 Å². The molecule has 2 aromatic carbocycles. The lowest BCUT2D eigenvalue weighted by Crippen LogP contribution is -3.00.